The number of aromatic nitrogens is 1. The van der Waals surface area contributed by atoms with Crippen LogP contribution < -0.4 is 0 Å². The van der Waals surface area contributed by atoms with Gasteiger partial charge < -0.3 is 5.11 Å². The molecular weight excluding hydrogens is 269 g/mol. The number of nitrogens with zero attached hydrogens (tertiary/aromatic N) is 1. The summed E-state index contributed by atoms with van der Waals surface area (Å²) >= 11 is 12.7. The van der Waals surface area contributed by atoms with Crippen LogP contribution in [0.4, 0.5) is 0 Å². The average Bonchev–Trinajstić information content (AvgIpc) is 2.71. The van der Waals surface area contributed by atoms with E-state index in [1.54, 1.807) is 18.2 Å². The van der Waals surface area contributed by atoms with E-state index in [2.05, 4.69) is 4.98 Å². The molecule has 0 atom stereocenters. The third-order valence-corrected chi connectivity index (χ3v) is 3.66. The molecule has 0 radical (unpaired) electrons. The molecule has 0 fully saturated rings. The van der Waals surface area contributed by atoms with E-state index >= 15 is 0 Å². The van der Waals surface area contributed by atoms with Crippen molar-refractivity contribution in [3.8, 4) is 10.6 Å². The van der Waals surface area contributed by atoms with E-state index < -0.39 is 5.97 Å². The highest BCUT2D eigenvalue weighted by atomic mass is 35.5. The summed E-state index contributed by atoms with van der Waals surface area (Å²) in [6, 6.07) is 5.06. The van der Waals surface area contributed by atoms with Crippen molar-refractivity contribution in [1.82, 2.24) is 4.98 Å². The second kappa shape index (κ2) is 4.41. The molecular formula is C10H5Cl2NO2S. The van der Waals surface area contributed by atoms with Crippen LogP contribution in [-0.4, -0.2) is 16.1 Å². The molecule has 1 heterocycles. The molecule has 6 heteroatoms. The quantitative estimate of drug-likeness (QED) is 0.905. The van der Waals surface area contributed by atoms with Gasteiger partial charge in [-0.15, -0.1) is 11.3 Å². The lowest BCUT2D eigenvalue weighted by Gasteiger charge is -1.98. The Bertz CT molecular complexity index is 554. The number of rotatable bonds is 2. The molecule has 3 nitrogen and oxygen atoms in total. The van der Waals surface area contributed by atoms with Gasteiger partial charge in [-0.1, -0.05) is 29.3 Å². The summed E-state index contributed by atoms with van der Waals surface area (Å²) in [5, 5.41) is 10.3. The van der Waals surface area contributed by atoms with Crippen molar-refractivity contribution in [3.63, 3.8) is 0 Å². The van der Waals surface area contributed by atoms with Gasteiger partial charge in [0.1, 0.15) is 9.88 Å². The van der Waals surface area contributed by atoms with Crippen molar-refractivity contribution in [2.75, 3.05) is 0 Å². The van der Waals surface area contributed by atoms with Gasteiger partial charge in [-0.3, -0.25) is 0 Å². The lowest BCUT2D eigenvalue weighted by atomic mass is 10.2. The first-order chi connectivity index (χ1) is 7.58. The van der Waals surface area contributed by atoms with E-state index in [-0.39, 0.29) is 4.88 Å². The zero-order chi connectivity index (χ0) is 11.7. The molecule has 0 aliphatic rings. The van der Waals surface area contributed by atoms with Crippen LogP contribution in [0.3, 0.4) is 0 Å². The maximum absolute atomic E-state index is 10.7. The number of hydrogen-bond acceptors (Lipinski definition) is 3. The van der Waals surface area contributed by atoms with Crippen LogP contribution in [0.5, 0.6) is 0 Å². The lowest BCUT2D eigenvalue weighted by Crippen LogP contribution is -1.89. The van der Waals surface area contributed by atoms with E-state index in [1.165, 1.54) is 6.20 Å². The fourth-order valence-corrected chi connectivity index (χ4v) is 2.18. The molecule has 0 aliphatic heterocycles. The summed E-state index contributed by atoms with van der Waals surface area (Å²) in [6.45, 7) is 0. The molecule has 1 aromatic heterocycles. The fraction of sp³-hybridized carbons (Fsp3) is 0. The van der Waals surface area contributed by atoms with Crippen LogP contribution in [0.1, 0.15) is 9.67 Å². The summed E-state index contributed by atoms with van der Waals surface area (Å²) in [4.78, 5) is 14.9. The molecule has 2 rings (SSSR count). The molecule has 2 aromatic rings. The van der Waals surface area contributed by atoms with Crippen LogP contribution in [-0.2, 0) is 0 Å². The molecule has 0 unspecified atom stereocenters. The number of carbonyl (C=O) groups is 1. The van der Waals surface area contributed by atoms with E-state index in [9.17, 15) is 4.79 Å². The van der Waals surface area contributed by atoms with Gasteiger partial charge in [-0.2, -0.15) is 0 Å². The van der Waals surface area contributed by atoms with Gasteiger partial charge >= 0.3 is 5.97 Å². The molecule has 0 amide bonds. The lowest BCUT2D eigenvalue weighted by molar-refractivity contribution is 0.0702. The van der Waals surface area contributed by atoms with Gasteiger partial charge in [0, 0.05) is 5.56 Å². The zero-order valence-corrected chi connectivity index (χ0v) is 10.1. The van der Waals surface area contributed by atoms with Crippen LogP contribution in [0.25, 0.3) is 10.6 Å². The zero-order valence-electron chi connectivity index (χ0n) is 7.78. The van der Waals surface area contributed by atoms with Gasteiger partial charge in [-0.25, -0.2) is 9.78 Å². The van der Waals surface area contributed by atoms with Gasteiger partial charge in [0.2, 0.25) is 0 Å². The Morgan fingerprint density at radius 1 is 1.31 bits per heavy atom. The Morgan fingerprint density at radius 2 is 2.06 bits per heavy atom. The number of carboxylic acids is 1. The van der Waals surface area contributed by atoms with E-state index in [0.29, 0.717) is 15.1 Å². The molecule has 0 aliphatic carbocycles. The van der Waals surface area contributed by atoms with Crippen molar-refractivity contribution in [2.24, 2.45) is 0 Å². The number of aromatic carboxylic acids is 1. The number of carboxylic acid groups (broad SMARTS) is 1. The summed E-state index contributed by atoms with van der Waals surface area (Å²) in [6.07, 6.45) is 1.32. The van der Waals surface area contributed by atoms with Gasteiger partial charge in [0.15, 0.2) is 0 Å². The summed E-state index contributed by atoms with van der Waals surface area (Å²) in [7, 11) is 0. The normalized spacial score (nSPS) is 10.4. The minimum atomic E-state index is -0.983. The molecule has 1 aromatic carbocycles. The maximum Gasteiger partial charge on any atom is 0.347 e. The Hall–Kier alpha value is -1.10. The third kappa shape index (κ3) is 2.19. The Kier molecular flexibility index (Phi) is 3.14. The highest BCUT2D eigenvalue weighted by Crippen LogP contribution is 2.30. The van der Waals surface area contributed by atoms with Crippen LogP contribution in [0.15, 0.2) is 24.4 Å². The number of halogens is 2. The predicted octanol–water partition coefficient (Wildman–Crippen LogP) is 3.82. The van der Waals surface area contributed by atoms with Crippen LogP contribution in [0.2, 0.25) is 10.0 Å². The second-order valence-corrected chi connectivity index (χ2v) is 4.81. The Morgan fingerprint density at radius 3 is 2.62 bits per heavy atom. The van der Waals surface area contributed by atoms with E-state index in [1.807, 2.05) is 0 Å². The standard InChI is InChI=1S/C10H5Cl2NO2S/c11-6-2-1-5(3-7(6)12)9-13-4-8(16-9)10(14)15/h1-4H,(H,14,15). The van der Waals surface area contributed by atoms with Crippen molar-refractivity contribution < 1.29 is 9.90 Å². The highest BCUT2D eigenvalue weighted by Gasteiger charge is 2.10. The topological polar surface area (TPSA) is 50.2 Å². The van der Waals surface area contributed by atoms with E-state index in [4.69, 9.17) is 28.3 Å². The van der Waals surface area contributed by atoms with E-state index in [0.717, 1.165) is 16.9 Å². The average molecular weight is 274 g/mol. The summed E-state index contributed by atoms with van der Waals surface area (Å²) in [5.74, 6) is -0.983. The van der Waals surface area contributed by atoms with Gasteiger partial charge in [0.25, 0.3) is 0 Å². The van der Waals surface area contributed by atoms with Crippen molar-refractivity contribution in [2.45, 2.75) is 0 Å². The first-order valence-corrected chi connectivity index (χ1v) is 5.79. The minimum absolute atomic E-state index is 0.195. The fourth-order valence-electron chi connectivity index (χ4n) is 1.14. The smallest absolute Gasteiger partial charge is 0.347 e. The Balaban J connectivity index is 2.42. The van der Waals surface area contributed by atoms with Crippen LogP contribution >= 0.6 is 34.5 Å². The maximum atomic E-state index is 10.7. The first-order valence-electron chi connectivity index (χ1n) is 4.22. The molecule has 0 saturated heterocycles. The predicted molar refractivity (Wildman–Crippen MR) is 64.5 cm³/mol. The monoisotopic (exact) mass is 273 g/mol. The molecule has 0 bridgehead atoms. The SMILES string of the molecule is O=C(O)c1cnc(-c2ccc(Cl)c(Cl)c2)s1. The molecule has 82 valence electrons. The van der Waals surface area contributed by atoms with Crippen molar-refractivity contribution >= 4 is 40.5 Å². The summed E-state index contributed by atoms with van der Waals surface area (Å²) in [5.41, 5.74) is 0.756. The van der Waals surface area contributed by atoms with Gasteiger partial charge in [-0.05, 0) is 12.1 Å². The molecule has 16 heavy (non-hydrogen) atoms. The highest BCUT2D eigenvalue weighted by molar-refractivity contribution is 7.16. The molecule has 0 spiro atoms. The largest absolute Gasteiger partial charge is 0.477 e. The second-order valence-electron chi connectivity index (χ2n) is 2.96. The molecule has 0 saturated carbocycles. The Labute approximate surface area is 105 Å². The number of thiazole rings is 1. The van der Waals surface area contributed by atoms with Crippen LogP contribution in [0, 0.1) is 0 Å². The summed E-state index contributed by atoms with van der Waals surface area (Å²) < 4.78 is 0. The first kappa shape index (κ1) is 11.4. The number of hydrogen-bond donors (Lipinski definition) is 1. The molecule has 1 N–H and O–H groups in total. The third-order valence-electron chi connectivity index (χ3n) is 1.88. The number of benzene rings is 1. The van der Waals surface area contributed by atoms with Crippen molar-refractivity contribution in [3.05, 3.63) is 39.3 Å². The minimum Gasteiger partial charge on any atom is -0.477 e. The van der Waals surface area contributed by atoms with Crippen molar-refractivity contribution in [1.29, 1.82) is 0 Å². The van der Waals surface area contributed by atoms with Gasteiger partial charge in [0.05, 0.1) is 16.2 Å².